The second-order valence-electron chi connectivity index (χ2n) is 5.90. The van der Waals surface area contributed by atoms with Gasteiger partial charge in [0.05, 0.1) is 15.7 Å². The van der Waals surface area contributed by atoms with Crippen LogP contribution in [0.5, 0.6) is 0 Å². The summed E-state index contributed by atoms with van der Waals surface area (Å²) in [5.41, 5.74) is 5.79. The van der Waals surface area contributed by atoms with E-state index in [0.29, 0.717) is 11.8 Å². The SMILES string of the molecule is CC1CCC(NS(=O)(=O)c2ccc(Cl)c(N)c2Cl)C(C)C1. The molecule has 4 nitrogen and oxygen atoms in total. The van der Waals surface area contributed by atoms with Crippen molar-refractivity contribution in [3.63, 3.8) is 0 Å². The van der Waals surface area contributed by atoms with E-state index in [1.54, 1.807) is 0 Å². The standard InChI is InChI=1S/C14H20Cl2N2O2S/c1-8-3-5-11(9(2)7-8)18-21(19,20)12-6-4-10(15)14(17)13(12)16/h4,6,8-9,11,18H,3,5,7,17H2,1-2H3. The number of halogens is 2. The van der Waals surface area contributed by atoms with Crippen LogP contribution in [0, 0.1) is 11.8 Å². The molecule has 3 unspecified atom stereocenters. The molecule has 1 aliphatic carbocycles. The Labute approximate surface area is 136 Å². The maximum absolute atomic E-state index is 12.5. The second kappa shape index (κ2) is 6.32. The average molecular weight is 351 g/mol. The van der Waals surface area contributed by atoms with Crippen molar-refractivity contribution < 1.29 is 8.42 Å². The van der Waals surface area contributed by atoms with Crippen molar-refractivity contribution in [3.05, 3.63) is 22.2 Å². The minimum Gasteiger partial charge on any atom is -0.396 e. The molecule has 0 spiro atoms. The van der Waals surface area contributed by atoms with Crippen molar-refractivity contribution in [2.75, 3.05) is 5.73 Å². The Morgan fingerprint density at radius 2 is 1.90 bits per heavy atom. The van der Waals surface area contributed by atoms with Gasteiger partial charge in [-0.15, -0.1) is 0 Å². The van der Waals surface area contributed by atoms with E-state index in [9.17, 15) is 8.42 Å². The lowest BCUT2D eigenvalue weighted by atomic mass is 9.80. The number of nitrogens with one attached hydrogen (secondary N) is 1. The molecule has 1 saturated carbocycles. The van der Waals surface area contributed by atoms with Gasteiger partial charge in [-0.1, -0.05) is 37.0 Å². The number of anilines is 1. The number of hydrogen-bond acceptors (Lipinski definition) is 3. The van der Waals surface area contributed by atoms with Crippen LogP contribution in [0.3, 0.4) is 0 Å². The van der Waals surface area contributed by atoms with E-state index in [1.165, 1.54) is 12.1 Å². The molecular formula is C14H20Cl2N2O2S. The summed E-state index contributed by atoms with van der Waals surface area (Å²) in [5, 5.41) is 0.227. The number of benzene rings is 1. The quantitative estimate of drug-likeness (QED) is 0.816. The summed E-state index contributed by atoms with van der Waals surface area (Å²) in [6, 6.07) is 2.77. The molecule has 3 atom stereocenters. The van der Waals surface area contributed by atoms with Crippen LogP contribution in [0.15, 0.2) is 17.0 Å². The van der Waals surface area contributed by atoms with Crippen LogP contribution < -0.4 is 10.5 Å². The van der Waals surface area contributed by atoms with E-state index < -0.39 is 10.0 Å². The predicted molar refractivity (Wildman–Crippen MR) is 87.2 cm³/mol. The zero-order chi connectivity index (χ0) is 15.8. The summed E-state index contributed by atoms with van der Waals surface area (Å²) < 4.78 is 27.8. The molecule has 1 aromatic carbocycles. The lowest BCUT2D eigenvalue weighted by Gasteiger charge is -2.33. The lowest BCUT2D eigenvalue weighted by Crippen LogP contribution is -2.42. The maximum Gasteiger partial charge on any atom is 0.242 e. The van der Waals surface area contributed by atoms with Gasteiger partial charge in [0.15, 0.2) is 0 Å². The van der Waals surface area contributed by atoms with E-state index in [1.807, 2.05) is 0 Å². The topological polar surface area (TPSA) is 72.2 Å². The van der Waals surface area contributed by atoms with Gasteiger partial charge in [0.1, 0.15) is 4.90 Å². The summed E-state index contributed by atoms with van der Waals surface area (Å²) >= 11 is 11.9. The normalized spacial score (nSPS) is 26.8. The van der Waals surface area contributed by atoms with Crippen molar-refractivity contribution in [1.29, 1.82) is 0 Å². The molecule has 3 N–H and O–H groups in total. The first-order chi connectivity index (χ1) is 9.72. The highest BCUT2D eigenvalue weighted by atomic mass is 35.5. The van der Waals surface area contributed by atoms with E-state index in [2.05, 4.69) is 18.6 Å². The molecule has 118 valence electrons. The molecule has 0 aliphatic heterocycles. The van der Waals surface area contributed by atoms with Crippen molar-refractivity contribution in [2.24, 2.45) is 11.8 Å². The highest BCUT2D eigenvalue weighted by molar-refractivity contribution is 7.89. The van der Waals surface area contributed by atoms with Crippen molar-refractivity contribution in [2.45, 2.75) is 44.0 Å². The molecule has 0 radical (unpaired) electrons. The highest BCUT2D eigenvalue weighted by Crippen LogP contribution is 2.34. The van der Waals surface area contributed by atoms with E-state index in [-0.39, 0.29) is 26.7 Å². The van der Waals surface area contributed by atoms with Gasteiger partial charge in [0.25, 0.3) is 0 Å². The predicted octanol–water partition coefficient (Wildman–Crippen LogP) is 3.68. The van der Waals surface area contributed by atoms with Crippen LogP contribution in [-0.2, 0) is 10.0 Å². The smallest absolute Gasteiger partial charge is 0.242 e. The van der Waals surface area contributed by atoms with Crippen molar-refractivity contribution >= 4 is 38.9 Å². The van der Waals surface area contributed by atoms with Crippen LogP contribution in [-0.4, -0.2) is 14.5 Å². The molecule has 0 amide bonds. The van der Waals surface area contributed by atoms with Gasteiger partial charge in [-0.05, 0) is 43.2 Å². The number of nitrogen functional groups attached to an aromatic ring is 1. The Morgan fingerprint density at radius 3 is 2.52 bits per heavy atom. The van der Waals surface area contributed by atoms with Gasteiger partial charge in [-0.2, -0.15) is 0 Å². The largest absolute Gasteiger partial charge is 0.396 e. The van der Waals surface area contributed by atoms with Crippen LogP contribution in [0.2, 0.25) is 10.0 Å². The fraction of sp³-hybridized carbons (Fsp3) is 0.571. The van der Waals surface area contributed by atoms with Crippen molar-refractivity contribution in [3.8, 4) is 0 Å². The van der Waals surface area contributed by atoms with Crippen LogP contribution >= 0.6 is 23.2 Å². The third-order valence-corrected chi connectivity index (χ3v) is 6.50. The molecule has 1 aliphatic rings. The third kappa shape index (κ3) is 3.65. The van der Waals surface area contributed by atoms with Gasteiger partial charge in [-0.3, -0.25) is 0 Å². The zero-order valence-electron chi connectivity index (χ0n) is 12.1. The molecule has 0 bridgehead atoms. The molecule has 2 rings (SSSR count). The molecule has 7 heteroatoms. The summed E-state index contributed by atoms with van der Waals surface area (Å²) in [6.07, 6.45) is 2.87. The number of hydrogen-bond donors (Lipinski definition) is 2. The lowest BCUT2D eigenvalue weighted by molar-refractivity contribution is 0.249. The fourth-order valence-corrected chi connectivity index (χ4v) is 5.00. The maximum atomic E-state index is 12.5. The number of sulfonamides is 1. The second-order valence-corrected chi connectivity index (χ2v) is 8.36. The Bertz CT molecular complexity index is 634. The molecule has 0 heterocycles. The molecular weight excluding hydrogens is 331 g/mol. The summed E-state index contributed by atoms with van der Waals surface area (Å²) in [4.78, 5) is -0.0168. The van der Waals surface area contributed by atoms with Crippen molar-refractivity contribution in [1.82, 2.24) is 4.72 Å². The fourth-order valence-electron chi connectivity index (χ4n) is 2.86. The molecule has 1 aromatic rings. The van der Waals surface area contributed by atoms with Gasteiger partial charge in [0, 0.05) is 6.04 Å². The molecule has 0 saturated heterocycles. The highest BCUT2D eigenvalue weighted by Gasteiger charge is 2.30. The van der Waals surface area contributed by atoms with E-state index in [0.717, 1.165) is 19.3 Å². The summed E-state index contributed by atoms with van der Waals surface area (Å²) in [6.45, 7) is 4.26. The Kier molecular flexibility index (Phi) is 5.08. The minimum absolute atomic E-state index is 0.0168. The Balaban J connectivity index is 2.25. The van der Waals surface area contributed by atoms with Gasteiger partial charge >= 0.3 is 0 Å². The summed E-state index contributed by atoms with van der Waals surface area (Å²) in [5.74, 6) is 0.933. The molecule has 0 aromatic heterocycles. The Hall–Kier alpha value is -0.490. The monoisotopic (exact) mass is 350 g/mol. The van der Waals surface area contributed by atoms with Gasteiger partial charge in [0.2, 0.25) is 10.0 Å². The van der Waals surface area contributed by atoms with Crippen LogP contribution in [0.25, 0.3) is 0 Å². The number of nitrogens with two attached hydrogens (primary N) is 1. The van der Waals surface area contributed by atoms with Gasteiger partial charge < -0.3 is 5.73 Å². The first-order valence-electron chi connectivity index (χ1n) is 6.98. The van der Waals surface area contributed by atoms with Crippen LogP contribution in [0.1, 0.15) is 33.1 Å². The average Bonchev–Trinajstić information content (AvgIpc) is 2.39. The summed E-state index contributed by atoms with van der Waals surface area (Å²) in [7, 11) is -3.70. The number of rotatable bonds is 3. The minimum atomic E-state index is -3.70. The van der Waals surface area contributed by atoms with Crippen LogP contribution in [0.4, 0.5) is 5.69 Å². The Morgan fingerprint density at radius 1 is 1.24 bits per heavy atom. The third-order valence-electron chi connectivity index (χ3n) is 4.12. The first kappa shape index (κ1) is 16.9. The van der Waals surface area contributed by atoms with E-state index in [4.69, 9.17) is 28.9 Å². The molecule has 1 fully saturated rings. The first-order valence-corrected chi connectivity index (χ1v) is 9.22. The van der Waals surface area contributed by atoms with E-state index >= 15 is 0 Å². The molecule has 21 heavy (non-hydrogen) atoms. The van der Waals surface area contributed by atoms with Gasteiger partial charge in [-0.25, -0.2) is 13.1 Å². The zero-order valence-corrected chi connectivity index (χ0v) is 14.4.